The van der Waals surface area contributed by atoms with Gasteiger partial charge in [-0.05, 0) is 35.2 Å². The first kappa shape index (κ1) is 13.6. The Hall–Kier alpha value is -1.84. The number of rotatable bonds is 5. The zero-order valence-corrected chi connectivity index (χ0v) is 11.4. The minimum absolute atomic E-state index is 0.00190. The van der Waals surface area contributed by atoms with Crippen LogP contribution in [0.25, 0.3) is 0 Å². The summed E-state index contributed by atoms with van der Waals surface area (Å²) in [4.78, 5) is 0. The summed E-state index contributed by atoms with van der Waals surface area (Å²) in [5, 5.41) is 0. The molecular formula is C16H20N2O. The highest BCUT2D eigenvalue weighted by atomic mass is 16.5. The lowest BCUT2D eigenvalue weighted by atomic mass is 9.94. The van der Waals surface area contributed by atoms with Gasteiger partial charge in [0.05, 0.1) is 13.2 Å². The molecule has 0 saturated heterocycles. The summed E-state index contributed by atoms with van der Waals surface area (Å²) < 4.78 is 5.18. The van der Waals surface area contributed by atoms with Gasteiger partial charge in [-0.3, -0.25) is 5.84 Å². The number of hydrogen-bond donors (Lipinski definition) is 2. The van der Waals surface area contributed by atoms with E-state index in [0.717, 1.165) is 17.7 Å². The number of ether oxygens (including phenoxy) is 1. The third-order valence-corrected chi connectivity index (χ3v) is 3.36. The van der Waals surface area contributed by atoms with Crippen LogP contribution in [0.3, 0.4) is 0 Å². The molecule has 3 N–H and O–H groups in total. The Morgan fingerprint density at radius 2 is 1.79 bits per heavy atom. The van der Waals surface area contributed by atoms with Crippen LogP contribution in [0.1, 0.15) is 29.7 Å². The van der Waals surface area contributed by atoms with Crippen molar-refractivity contribution in [3.8, 4) is 5.75 Å². The Bertz CT molecular complexity index is 523. The van der Waals surface area contributed by atoms with E-state index in [0.29, 0.717) is 0 Å². The Morgan fingerprint density at radius 3 is 2.37 bits per heavy atom. The molecule has 0 spiro atoms. The smallest absolute Gasteiger partial charge is 0.118 e. The van der Waals surface area contributed by atoms with Crippen LogP contribution in [-0.2, 0) is 6.42 Å². The highest BCUT2D eigenvalue weighted by Gasteiger charge is 2.14. The minimum atomic E-state index is 0.00190. The molecule has 0 saturated carbocycles. The van der Waals surface area contributed by atoms with Crippen molar-refractivity contribution in [1.29, 1.82) is 0 Å². The molecule has 0 aromatic heterocycles. The molecule has 0 aliphatic heterocycles. The van der Waals surface area contributed by atoms with Gasteiger partial charge in [0, 0.05) is 0 Å². The Kier molecular flexibility index (Phi) is 4.55. The molecule has 100 valence electrons. The van der Waals surface area contributed by atoms with E-state index in [1.54, 1.807) is 7.11 Å². The van der Waals surface area contributed by atoms with Gasteiger partial charge >= 0.3 is 0 Å². The maximum atomic E-state index is 5.75. The highest BCUT2D eigenvalue weighted by Crippen LogP contribution is 2.26. The highest BCUT2D eigenvalue weighted by molar-refractivity contribution is 5.39. The van der Waals surface area contributed by atoms with Crippen LogP contribution in [0.2, 0.25) is 0 Å². The molecule has 2 aromatic carbocycles. The number of nitrogens with two attached hydrogens (primary N) is 1. The SMILES string of the molecule is CCc1ccccc1C(NN)c1ccc(OC)cc1. The molecule has 0 heterocycles. The molecule has 19 heavy (non-hydrogen) atoms. The summed E-state index contributed by atoms with van der Waals surface area (Å²) >= 11 is 0. The predicted octanol–water partition coefficient (Wildman–Crippen LogP) is 2.81. The molecule has 1 unspecified atom stereocenters. The number of benzene rings is 2. The first-order valence-electron chi connectivity index (χ1n) is 6.48. The number of methoxy groups -OCH3 is 1. The lowest BCUT2D eigenvalue weighted by Gasteiger charge is -2.20. The fraction of sp³-hybridized carbons (Fsp3) is 0.250. The van der Waals surface area contributed by atoms with Gasteiger partial charge in [-0.25, -0.2) is 5.43 Å². The molecule has 0 fully saturated rings. The third kappa shape index (κ3) is 2.95. The lowest BCUT2D eigenvalue weighted by Crippen LogP contribution is -2.29. The topological polar surface area (TPSA) is 47.3 Å². The average Bonchev–Trinajstić information content (AvgIpc) is 2.49. The van der Waals surface area contributed by atoms with E-state index in [1.165, 1.54) is 11.1 Å². The van der Waals surface area contributed by atoms with Crippen molar-refractivity contribution in [2.45, 2.75) is 19.4 Å². The number of aryl methyl sites for hydroxylation is 1. The summed E-state index contributed by atoms with van der Waals surface area (Å²) in [7, 11) is 1.67. The zero-order valence-electron chi connectivity index (χ0n) is 11.4. The number of nitrogens with one attached hydrogen (secondary N) is 1. The number of hydrogen-bond acceptors (Lipinski definition) is 3. The number of hydrazine groups is 1. The van der Waals surface area contributed by atoms with Crippen LogP contribution in [-0.4, -0.2) is 7.11 Å². The molecule has 0 aliphatic carbocycles. The molecule has 1 atom stereocenters. The fourth-order valence-corrected chi connectivity index (χ4v) is 2.30. The zero-order chi connectivity index (χ0) is 13.7. The van der Waals surface area contributed by atoms with Crippen molar-refractivity contribution < 1.29 is 4.74 Å². The van der Waals surface area contributed by atoms with Gasteiger partial charge in [-0.2, -0.15) is 0 Å². The first-order chi connectivity index (χ1) is 9.30. The van der Waals surface area contributed by atoms with Crippen molar-refractivity contribution in [1.82, 2.24) is 5.43 Å². The second kappa shape index (κ2) is 6.36. The molecule has 0 radical (unpaired) electrons. The van der Waals surface area contributed by atoms with Gasteiger partial charge in [0.1, 0.15) is 5.75 Å². The van der Waals surface area contributed by atoms with Crippen molar-refractivity contribution in [3.63, 3.8) is 0 Å². The van der Waals surface area contributed by atoms with Crippen LogP contribution in [0.4, 0.5) is 0 Å². The quantitative estimate of drug-likeness (QED) is 0.639. The molecule has 2 rings (SSSR count). The third-order valence-electron chi connectivity index (χ3n) is 3.36. The van der Waals surface area contributed by atoms with Gasteiger partial charge in [0.2, 0.25) is 0 Å². The second-order valence-corrected chi connectivity index (χ2v) is 4.43. The van der Waals surface area contributed by atoms with Gasteiger partial charge in [0.15, 0.2) is 0 Å². The monoisotopic (exact) mass is 256 g/mol. The van der Waals surface area contributed by atoms with Crippen molar-refractivity contribution in [2.24, 2.45) is 5.84 Å². The summed E-state index contributed by atoms with van der Waals surface area (Å²) in [6.45, 7) is 2.15. The Balaban J connectivity index is 2.37. The molecule has 3 heteroatoms. The van der Waals surface area contributed by atoms with Crippen LogP contribution in [0.5, 0.6) is 5.75 Å². The van der Waals surface area contributed by atoms with E-state index < -0.39 is 0 Å². The van der Waals surface area contributed by atoms with Crippen molar-refractivity contribution in [2.75, 3.05) is 7.11 Å². The molecular weight excluding hydrogens is 236 g/mol. The maximum absolute atomic E-state index is 5.75. The van der Waals surface area contributed by atoms with E-state index in [4.69, 9.17) is 10.6 Å². The molecule has 0 amide bonds. The van der Waals surface area contributed by atoms with Gasteiger partial charge < -0.3 is 4.74 Å². The van der Waals surface area contributed by atoms with Crippen LogP contribution in [0.15, 0.2) is 48.5 Å². The van der Waals surface area contributed by atoms with E-state index in [1.807, 2.05) is 30.3 Å². The standard InChI is InChI=1S/C16H20N2O/c1-3-12-6-4-5-7-15(12)16(18-17)13-8-10-14(19-2)11-9-13/h4-11,16,18H,3,17H2,1-2H3. The summed E-state index contributed by atoms with van der Waals surface area (Å²) in [6, 6.07) is 16.3. The van der Waals surface area contributed by atoms with Crippen LogP contribution < -0.4 is 16.0 Å². The maximum Gasteiger partial charge on any atom is 0.118 e. The van der Waals surface area contributed by atoms with Crippen molar-refractivity contribution >= 4 is 0 Å². The minimum Gasteiger partial charge on any atom is -0.497 e. The molecule has 2 aromatic rings. The molecule has 3 nitrogen and oxygen atoms in total. The van der Waals surface area contributed by atoms with E-state index in [-0.39, 0.29) is 6.04 Å². The summed E-state index contributed by atoms with van der Waals surface area (Å²) in [5.74, 6) is 6.60. The van der Waals surface area contributed by atoms with E-state index in [9.17, 15) is 0 Å². The Labute approximate surface area is 114 Å². The van der Waals surface area contributed by atoms with Crippen LogP contribution in [0, 0.1) is 0 Å². The second-order valence-electron chi connectivity index (χ2n) is 4.43. The average molecular weight is 256 g/mol. The van der Waals surface area contributed by atoms with Crippen LogP contribution >= 0.6 is 0 Å². The largest absolute Gasteiger partial charge is 0.497 e. The lowest BCUT2D eigenvalue weighted by molar-refractivity contribution is 0.414. The van der Waals surface area contributed by atoms with Gasteiger partial charge in [-0.15, -0.1) is 0 Å². The molecule has 0 aliphatic rings. The Morgan fingerprint density at radius 1 is 1.11 bits per heavy atom. The van der Waals surface area contributed by atoms with E-state index >= 15 is 0 Å². The van der Waals surface area contributed by atoms with Crippen molar-refractivity contribution in [3.05, 3.63) is 65.2 Å². The van der Waals surface area contributed by atoms with Gasteiger partial charge in [0.25, 0.3) is 0 Å². The predicted molar refractivity (Wildman–Crippen MR) is 78.0 cm³/mol. The first-order valence-corrected chi connectivity index (χ1v) is 6.48. The molecule has 0 bridgehead atoms. The fourth-order valence-electron chi connectivity index (χ4n) is 2.30. The summed E-state index contributed by atoms with van der Waals surface area (Å²) in [5.41, 5.74) is 6.56. The summed E-state index contributed by atoms with van der Waals surface area (Å²) in [6.07, 6.45) is 0.991. The van der Waals surface area contributed by atoms with E-state index in [2.05, 4.69) is 30.5 Å². The normalized spacial score (nSPS) is 12.2. The van der Waals surface area contributed by atoms with Gasteiger partial charge in [-0.1, -0.05) is 43.3 Å².